The molecule has 0 aliphatic carbocycles. The van der Waals surface area contributed by atoms with Crippen LogP contribution in [0, 0.1) is 11.6 Å². The van der Waals surface area contributed by atoms with Crippen LogP contribution in [0.3, 0.4) is 0 Å². The molecule has 0 aromatic heterocycles. The topological polar surface area (TPSA) is 18.5 Å². The van der Waals surface area contributed by atoms with Crippen LogP contribution >= 0.6 is 0 Å². The van der Waals surface area contributed by atoms with Crippen molar-refractivity contribution in [1.82, 2.24) is 0 Å². The first kappa shape index (κ1) is 11.9. The lowest BCUT2D eigenvalue weighted by Gasteiger charge is -1.97. The van der Waals surface area contributed by atoms with Gasteiger partial charge in [0.05, 0.1) is 7.11 Å². The smallest absolute Gasteiger partial charge is 0.162 e. The fraction of sp³-hybridized carbons (Fsp3) is 0.455. The van der Waals surface area contributed by atoms with Crippen LogP contribution in [0.25, 0.3) is 0 Å². The number of hydrogen-bond donors (Lipinski definition) is 0. The van der Waals surface area contributed by atoms with Gasteiger partial charge in [-0.15, -0.1) is 0 Å². The van der Waals surface area contributed by atoms with Crippen molar-refractivity contribution in [2.24, 2.45) is 0 Å². The minimum absolute atomic E-state index is 0.318. The number of ether oxygens (including phenoxy) is 2. The van der Waals surface area contributed by atoms with E-state index in [9.17, 15) is 8.78 Å². The minimum atomic E-state index is -0.889. The zero-order chi connectivity index (χ0) is 11.1. The summed E-state index contributed by atoms with van der Waals surface area (Å²) in [5.74, 6) is -1.43. The molecule has 1 fully saturated rings. The third kappa shape index (κ3) is 4.25. The average Bonchev–Trinajstić information content (AvgIpc) is 2.80. The molecule has 1 heterocycles. The number of benzene rings is 1. The molecule has 0 N–H and O–H groups in total. The van der Waals surface area contributed by atoms with E-state index >= 15 is 0 Å². The Morgan fingerprint density at radius 1 is 1.13 bits per heavy atom. The van der Waals surface area contributed by atoms with E-state index < -0.39 is 11.6 Å². The van der Waals surface area contributed by atoms with Crippen molar-refractivity contribution in [3.8, 4) is 5.75 Å². The van der Waals surface area contributed by atoms with Crippen molar-refractivity contribution in [2.75, 3.05) is 20.3 Å². The molecule has 2 nitrogen and oxygen atoms in total. The summed E-state index contributed by atoms with van der Waals surface area (Å²) in [6.07, 6.45) is 2.56. The molecule has 0 unspecified atom stereocenters. The molecule has 15 heavy (non-hydrogen) atoms. The van der Waals surface area contributed by atoms with Crippen molar-refractivity contribution in [2.45, 2.75) is 12.8 Å². The summed E-state index contributed by atoms with van der Waals surface area (Å²) >= 11 is 0. The maximum Gasteiger partial charge on any atom is 0.162 e. The third-order valence-electron chi connectivity index (χ3n) is 1.95. The van der Waals surface area contributed by atoms with Crippen molar-refractivity contribution in [1.29, 1.82) is 0 Å². The summed E-state index contributed by atoms with van der Waals surface area (Å²) in [5, 5.41) is 0. The molecule has 0 saturated carbocycles. The standard InChI is InChI=1S/C7H6F2O.C4H8O/c1-10-5-2-3-6(8)7(9)4-5;1-2-4-5-3-1/h2-4H,1H3;1-4H2. The van der Waals surface area contributed by atoms with E-state index in [2.05, 4.69) is 4.74 Å². The summed E-state index contributed by atoms with van der Waals surface area (Å²) in [7, 11) is 1.40. The SMILES string of the molecule is C1CCOC1.COc1ccc(F)c(F)c1. The first-order chi connectivity index (χ1) is 7.24. The van der Waals surface area contributed by atoms with Gasteiger partial charge in [-0.3, -0.25) is 0 Å². The molecule has 1 aromatic rings. The zero-order valence-corrected chi connectivity index (χ0v) is 8.63. The summed E-state index contributed by atoms with van der Waals surface area (Å²) in [6.45, 7) is 2.00. The lowest BCUT2D eigenvalue weighted by Crippen LogP contribution is -1.86. The second-order valence-corrected chi connectivity index (χ2v) is 3.10. The molecule has 0 spiro atoms. The minimum Gasteiger partial charge on any atom is -0.497 e. The molecule has 0 amide bonds. The van der Waals surface area contributed by atoms with Crippen LogP contribution in [0.5, 0.6) is 5.75 Å². The maximum absolute atomic E-state index is 12.3. The van der Waals surface area contributed by atoms with Crippen LogP contribution in [0.1, 0.15) is 12.8 Å². The van der Waals surface area contributed by atoms with Gasteiger partial charge in [-0.25, -0.2) is 8.78 Å². The van der Waals surface area contributed by atoms with E-state index in [1.807, 2.05) is 0 Å². The Bertz CT molecular complexity index is 291. The van der Waals surface area contributed by atoms with Gasteiger partial charge in [-0.1, -0.05) is 0 Å². The van der Waals surface area contributed by atoms with Crippen LogP contribution in [0.15, 0.2) is 18.2 Å². The van der Waals surface area contributed by atoms with Crippen molar-refractivity contribution in [3.05, 3.63) is 29.8 Å². The third-order valence-corrected chi connectivity index (χ3v) is 1.95. The van der Waals surface area contributed by atoms with Gasteiger partial charge < -0.3 is 9.47 Å². The Morgan fingerprint density at radius 2 is 1.80 bits per heavy atom. The zero-order valence-electron chi connectivity index (χ0n) is 8.63. The lowest BCUT2D eigenvalue weighted by molar-refractivity contribution is 0.198. The van der Waals surface area contributed by atoms with Crippen LogP contribution < -0.4 is 4.74 Å². The van der Waals surface area contributed by atoms with Crippen molar-refractivity contribution < 1.29 is 18.3 Å². The first-order valence-corrected chi connectivity index (χ1v) is 4.81. The van der Waals surface area contributed by atoms with Crippen molar-refractivity contribution in [3.63, 3.8) is 0 Å². The van der Waals surface area contributed by atoms with Gasteiger partial charge in [0.2, 0.25) is 0 Å². The van der Waals surface area contributed by atoms with Crippen LogP contribution in [0.2, 0.25) is 0 Å². The molecule has 4 heteroatoms. The van der Waals surface area contributed by atoms with Gasteiger partial charge in [0, 0.05) is 19.3 Å². The Kier molecular flexibility index (Phi) is 5.04. The first-order valence-electron chi connectivity index (χ1n) is 4.81. The molecule has 1 aliphatic heterocycles. The van der Waals surface area contributed by atoms with Gasteiger partial charge in [0.15, 0.2) is 11.6 Å². The number of hydrogen-bond acceptors (Lipinski definition) is 2. The predicted octanol–water partition coefficient (Wildman–Crippen LogP) is 2.77. The molecule has 0 atom stereocenters. The highest BCUT2D eigenvalue weighted by Crippen LogP contribution is 2.13. The monoisotopic (exact) mass is 216 g/mol. The highest BCUT2D eigenvalue weighted by atomic mass is 19.2. The summed E-state index contributed by atoms with van der Waals surface area (Å²) in [4.78, 5) is 0. The second kappa shape index (κ2) is 6.35. The number of rotatable bonds is 1. The van der Waals surface area contributed by atoms with Crippen molar-refractivity contribution >= 4 is 0 Å². The molecule has 0 bridgehead atoms. The normalized spacial score (nSPS) is 14.3. The molecule has 84 valence electrons. The van der Waals surface area contributed by atoms with Gasteiger partial charge in [-0.2, -0.15) is 0 Å². The molecular weight excluding hydrogens is 202 g/mol. The second-order valence-electron chi connectivity index (χ2n) is 3.10. The highest BCUT2D eigenvalue weighted by Gasteiger charge is 2.00. The Hall–Kier alpha value is -1.16. The van der Waals surface area contributed by atoms with Gasteiger partial charge in [-0.05, 0) is 25.0 Å². The van der Waals surface area contributed by atoms with E-state index in [0.29, 0.717) is 5.75 Å². The van der Waals surface area contributed by atoms with Crippen LogP contribution in [-0.4, -0.2) is 20.3 Å². The van der Waals surface area contributed by atoms with E-state index in [-0.39, 0.29) is 0 Å². The molecule has 0 radical (unpaired) electrons. The lowest BCUT2D eigenvalue weighted by atomic mass is 10.3. The average molecular weight is 216 g/mol. The molecule has 1 saturated heterocycles. The summed E-state index contributed by atoms with van der Waals surface area (Å²) < 4.78 is 34.1. The van der Waals surface area contributed by atoms with E-state index in [0.717, 1.165) is 25.3 Å². The quantitative estimate of drug-likeness (QED) is 0.718. The highest BCUT2D eigenvalue weighted by molar-refractivity contribution is 5.23. The molecular formula is C11H14F2O2. The fourth-order valence-electron chi connectivity index (χ4n) is 1.11. The largest absolute Gasteiger partial charge is 0.497 e. The van der Waals surface area contributed by atoms with E-state index in [4.69, 9.17) is 4.74 Å². The van der Waals surface area contributed by atoms with Gasteiger partial charge in [0.1, 0.15) is 5.75 Å². The number of methoxy groups -OCH3 is 1. The Labute approximate surface area is 87.8 Å². The Balaban J connectivity index is 0.000000187. The maximum atomic E-state index is 12.3. The molecule has 1 aliphatic rings. The molecule has 2 rings (SSSR count). The van der Waals surface area contributed by atoms with Gasteiger partial charge in [0.25, 0.3) is 0 Å². The summed E-state index contributed by atoms with van der Waals surface area (Å²) in [6, 6.07) is 3.38. The van der Waals surface area contributed by atoms with E-state index in [1.54, 1.807) is 0 Å². The van der Waals surface area contributed by atoms with Crippen LogP contribution in [-0.2, 0) is 4.74 Å². The van der Waals surface area contributed by atoms with Crippen LogP contribution in [0.4, 0.5) is 8.78 Å². The molecule has 1 aromatic carbocycles. The Morgan fingerprint density at radius 3 is 2.20 bits per heavy atom. The van der Waals surface area contributed by atoms with Gasteiger partial charge >= 0.3 is 0 Å². The fourth-order valence-corrected chi connectivity index (χ4v) is 1.11. The summed E-state index contributed by atoms with van der Waals surface area (Å²) in [5.41, 5.74) is 0. The van der Waals surface area contributed by atoms with E-state index in [1.165, 1.54) is 26.0 Å². The number of halogens is 2. The predicted molar refractivity (Wildman–Crippen MR) is 53.0 cm³/mol.